The van der Waals surface area contributed by atoms with Crippen molar-refractivity contribution in [3.63, 3.8) is 0 Å². The maximum absolute atomic E-state index is 12.0. The Morgan fingerprint density at radius 1 is 1.21 bits per heavy atom. The fourth-order valence-electron chi connectivity index (χ4n) is 1.44. The predicted octanol–water partition coefficient (Wildman–Crippen LogP) is 1.80. The Bertz CT molecular complexity index is 675. The number of nitrogens with zero attached hydrogens (tertiary/aromatic N) is 1. The molecule has 1 aromatic carbocycles. The van der Waals surface area contributed by atoms with Crippen LogP contribution in [0.1, 0.15) is 5.56 Å². The summed E-state index contributed by atoms with van der Waals surface area (Å²) in [6.07, 6.45) is 3.20. The van der Waals surface area contributed by atoms with Gasteiger partial charge in [-0.25, -0.2) is 13.1 Å². The molecule has 0 radical (unpaired) electrons. The number of rotatable bonds is 4. The minimum absolute atomic E-state index is 0.0840. The smallest absolute Gasteiger partial charge is 0.240 e. The van der Waals surface area contributed by atoms with E-state index in [1.165, 1.54) is 18.2 Å². The van der Waals surface area contributed by atoms with Gasteiger partial charge in [0.25, 0.3) is 0 Å². The normalized spacial score (nSPS) is 11.4. The van der Waals surface area contributed by atoms with Gasteiger partial charge in [0.15, 0.2) is 0 Å². The number of nitrogens with two attached hydrogens (primary N) is 1. The first kappa shape index (κ1) is 13.8. The molecule has 100 valence electrons. The van der Waals surface area contributed by atoms with Crippen molar-refractivity contribution in [1.29, 1.82) is 0 Å². The first-order chi connectivity index (χ1) is 8.99. The fourth-order valence-corrected chi connectivity index (χ4v) is 2.73. The van der Waals surface area contributed by atoms with Crippen LogP contribution in [0.15, 0.2) is 47.6 Å². The number of nitrogens with one attached hydrogen (secondary N) is 1. The summed E-state index contributed by atoms with van der Waals surface area (Å²) < 4.78 is 26.6. The molecule has 2 rings (SSSR count). The molecule has 0 aliphatic carbocycles. The van der Waals surface area contributed by atoms with Gasteiger partial charge in [-0.1, -0.05) is 11.6 Å². The van der Waals surface area contributed by atoms with E-state index in [4.69, 9.17) is 17.3 Å². The number of hydrogen-bond donors (Lipinski definition) is 2. The number of aromatic nitrogens is 1. The Hall–Kier alpha value is -1.63. The number of pyridine rings is 1. The van der Waals surface area contributed by atoms with Gasteiger partial charge >= 0.3 is 0 Å². The zero-order chi connectivity index (χ0) is 13.9. The van der Waals surface area contributed by atoms with Gasteiger partial charge in [0, 0.05) is 18.9 Å². The van der Waals surface area contributed by atoms with Crippen LogP contribution in [-0.4, -0.2) is 13.4 Å². The Morgan fingerprint density at radius 3 is 2.53 bits per heavy atom. The molecule has 0 saturated carbocycles. The first-order valence-corrected chi connectivity index (χ1v) is 7.29. The number of hydrogen-bond acceptors (Lipinski definition) is 4. The lowest BCUT2D eigenvalue weighted by Gasteiger charge is -2.08. The second kappa shape index (κ2) is 5.56. The molecule has 0 unspecified atom stereocenters. The summed E-state index contributed by atoms with van der Waals surface area (Å²) in [5, 5.41) is 0.215. The van der Waals surface area contributed by atoms with Crippen LogP contribution in [0, 0.1) is 0 Å². The number of benzene rings is 1. The number of anilines is 1. The molecule has 0 amide bonds. The summed E-state index contributed by atoms with van der Waals surface area (Å²) in [6.45, 7) is 0.187. The van der Waals surface area contributed by atoms with Crippen molar-refractivity contribution < 1.29 is 8.42 Å². The molecule has 1 aromatic heterocycles. The van der Waals surface area contributed by atoms with Gasteiger partial charge in [0.05, 0.1) is 15.6 Å². The van der Waals surface area contributed by atoms with Crippen molar-refractivity contribution in [2.24, 2.45) is 0 Å². The van der Waals surface area contributed by atoms with Gasteiger partial charge in [-0.2, -0.15) is 0 Å². The Balaban J connectivity index is 2.16. The van der Waals surface area contributed by atoms with Crippen LogP contribution in [0.25, 0.3) is 0 Å². The standard InChI is InChI=1S/C12H12ClN3O2S/c13-11-7-10(1-2-12(11)14)19(17,18)16-8-9-3-5-15-6-4-9/h1-7,16H,8,14H2. The number of halogens is 1. The van der Waals surface area contributed by atoms with E-state index in [9.17, 15) is 8.42 Å². The monoisotopic (exact) mass is 297 g/mol. The van der Waals surface area contributed by atoms with Crippen molar-refractivity contribution in [2.45, 2.75) is 11.4 Å². The molecule has 0 spiro atoms. The van der Waals surface area contributed by atoms with Crippen LogP contribution < -0.4 is 10.5 Å². The molecule has 1 heterocycles. The zero-order valence-electron chi connectivity index (χ0n) is 9.88. The molecule has 2 aromatic rings. The molecule has 0 atom stereocenters. The van der Waals surface area contributed by atoms with E-state index in [0.717, 1.165) is 5.56 Å². The minimum atomic E-state index is -3.61. The molecule has 0 bridgehead atoms. The quantitative estimate of drug-likeness (QED) is 0.843. The molecule has 0 aliphatic heterocycles. The van der Waals surface area contributed by atoms with Gasteiger partial charge in [0.2, 0.25) is 10.0 Å². The van der Waals surface area contributed by atoms with Crippen molar-refractivity contribution in [1.82, 2.24) is 9.71 Å². The van der Waals surface area contributed by atoms with E-state index in [0.29, 0.717) is 5.69 Å². The van der Waals surface area contributed by atoms with Crippen molar-refractivity contribution in [2.75, 3.05) is 5.73 Å². The van der Waals surface area contributed by atoms with Crippen molar-refractivity contribution >= 4 is 27.3 Å². The molecule has 7 heteroatoms. The summed E-state index contributed by atoms with van der Waals surface area (Å²) in [4.78, 5) is 3.94. The summed E-state index contributed by atoms with van der Waals surface area (Å²) in [7, 11) is -3.61. The third-order valence-electron chi connectivity index (χ3n) is 2.50. The lowest BCUT2D eigenvalue weighted by molar-refractivity contribution is 0.581. The maximum atomic E-state index is 12.0. The van der Waals surface area contributed by atoms with Gasteiger partial charge in [0.1, 0.15) is 0 Å². The number of sulfonamides is 1. The van der Waals surface area contributed by atoms with Gasteiger partial charge in [-0.15, -0.1) is 0 Å². The third-order valence-corrected chi connectivity index (χ3v) is 4.22. The third kappa shape index (κ3) is 3.44. The summed E-state index contributed by atoms with van der Waals surface area (Å²) in [6, 6.07) is 7.67. The van der Waals surface area contributed by atoms with E-state index in [2.05, 4.69) is 9.71 Å². The molecule has 0 saturated heterocycles. The minimum Gasteiger partial charge on any atom is -0.398 e. The average Bonchev–Trinajstić information content (AvgIpc) is 2.41. The van der Waals surface area contributed by atoms with E-state index in [1.54, 1.807) is 24.5 Å². The van der Waals surface area contributed by atoms with Crippen LogP contribution in [0.4, 0.5) is 5.69 Å². The summed E-state index contributed by atoms with van der Waals surface area (Å²) in [5.41, 5.74) is 6.70. The van der Waals surface area contributed by atoms with Crippen LogP contribution in [0.2, 0.25) is 5.02 Å². The molecule has 0 aliphatic rings. The Kier molecular flexibility index (Phi) is 4.04. The van der Waals surface area contributed by atoms with Gasteiger partial charge in [-0.05, 0) is 35.9 Å². The van der Waals surface area contributed by atoms with Crippen LogP contribution >= 0.6 is 11.6 Å². The highest BCUT2D eigenvalue weighted by molar-refractivity contribution is 7.89. The predicted molar refractivity (Wildman–Crippen MR) is 74.1 cm³/mol. The van der Waals surface area contributed by atoms with E-state index < -0.39 is 10.0 Å². The Labute approximate surface area is 116 Å². The lowest BCUT2D eigenvalue weighted by atomic mass is 10.3. The molecular weight excluding hydrogens is 286 g/mol. The van der Waals surface area contributed by atoms with Gasteiger partial charge in [-0.3, -0.25) is 4.98 Å². The molecule has 19 heavy (non-hydrogen) atoms. The molecule has 0 fully saturated rings. The lowest BCUT2D eigenvalue weighted by Crippen LogP contribution is -2.23. The molecular formula is C12H12ClN3O2S. The SMILES string of the molecule is Nc1ccc(S(=O)(=O)NCc2ccncc2)cc1Cl. The van der Waals surface area contributed by atoms with Crippen LogP contribution in [0.3, 0.4) is 0 Å². The van der Waals surface area contributed by atoms with Crippen LogP contribution in [0.5, 0.6) is 0 Å². The second-order valence-corrected chi connectivity index (χ2v) is 6.04. The van der Waals surface area contributed by atoms with E-state index >= 15 is 0 Å². The highest BCUT2D eigenvalue weighted by Gasteiger charge is 2.14. The van der Waals surface area contributed by atoms with Crippen molar-refractivity contribution in [3.8, 4) is 0 Å². The van der Waals surface area contributed by atoms with Crippen LogP contribution in [-0.2, 0) is 16.6 Å². The van der Waals surface area contributed by atoms with E-state index in [-0.39, 0.29) is 16.5 Å². The second-order valence-electron chi connectivity index (χ2n) is 3.86. The first-order valence-electron chi connectivity index (χ1n) is 5.42. The summed E-state index contributed by atoms with van der Waals surface area (Å²) in [5.74, 6) is 0. The molecule has 5 nitrogen and oxygen atoms in total. The van der Waals surface area contributed by atoms with Gasteiger partial charge < -0.3 is 5.73 Å². The number of nitrogen functional groups attached to an aromatic ring is 1. The summed E-state index contributed by atoms with van der Waals surface area (Å²) >= 11 is 5.81. The highest BCUT2D eigenvalue weighted by atomic mass is 35.5. The molecule has 3 N–H and O–H groups in total. The highest BCUT2D eigenvalue weighted by Crippen LogP contribution is 2.22. The average molecular weight is 298 g/mol. The largest absolute Gasteiger partial charge is 0.398 e. The zero-order valence-corrected chi connectivity index (χ0v) is 11.4. The maximum Gasteiger partial charge on any atom is 0.240 e. The topological polar surface area (TPSA) is 85.1 Å². The van der Waals surface area contributed by atoms with E-state index in [1.807, 2.05) is 0 Å². The Morgan fingerprint density at radius 2 is 1.89 bits per heavy atom. The van der Waals surface area contributed by atoms with Crippen molar-refractivity contribution in [3.05, 3.63) is 53.3 Å². The fraction of sp³-hybridized carbons (Fsp3) is 0.0833.